The minimum atomic E-state index is 0.966. The Kier molecular flexibility index (Phi) is 2.56. The third-order valence-electron chi connectivity index (χ3n) is 3.16. The molecule has 0 radical (unpaired) electrons. The topological polar surface area (TPSA) is 25.8 Å². The van der Waals surface area contributed by atoms with Gasteiger partial charge in [0.25, 0.3) is 0 Å². The lowest BCUT2D eigenvalue weighted by atomic mass is 10.0. The molecule has 3 rings (SSSR count). The van der Waals surface area contributed by atoms with Crippen LogP contribution in [0.3, 0.4) is 0 Å². The third kappa shape index (κ3) is 1.76. The average molecular weight is 234 g/mol. The number of aryl methyl sites for hydroxylation is 2. The average Bonchev–Trinajstić information content (AvgIpc) is 2.39. The van der Waals surface area contributed by atoms with Gasteiger partial charge < -0.3 is 0 Å². The van der Waals surface area contributed by atoms with Crippen molar-refractivity contribution in [2.75, 3.05) is 0 Å². The van der Waals surface area contributed by atoms with Crippen LogP contribution in [0.2, 0.25) is 0 Å². The van der Waals surface area contributed by atoms with Gasteiger partial charge in [0.05, 0.1) is 11.4 Å². The normalized spacial score (nSPS) is 10.8. The van der Waals surface area contributed by atoms with Gasteiger partial charge in [0.1, 0.15) is 0 Å². The van der Waals surface area contributed by atoms with Gasteiger partial charge in [-0.05, 0) is 43.0 Å². The Labute approximate surface area is 106 Å². The van der Waals surface area contributed by atoms with Crippen LogP contribution in [0.4, 0.5) is 0 Å². The summed E-state index contributed by atoms with van der Waals surface area (Å²) in [6.45, 7) is 4.17. The Balaban J connectivity index is 2.36. The van der Waals surface area contributed by atoms with Crippen LogP contribution in [0.5, 0.6) is 0 Å². The molecule has 0 atom stereocenters. The number of pyridine rings is 2. The molecule has 0 N–H and O–H groups in total. The predicted molar refractivity (Wildman–Crippen MR) is 74.4 cm³/mol. The van der Waals surface area contributed by atoms with Gasteiger partial charge in [-0.3, -0.25) is 9.97 Å². The summed E-state index contributed by atoms with van der Waals surface area (Å²) in [5.41, 5.74) is 4.33. The van der Waals surface area contributed by atoms with Crippen LogP contribution < -0.4 is 0 Å². The van der Waals surface area contributed by atoms with Crippen LogP contribution in [0.25, 0.3) is 22.2 Å². The monoisotopic (exact) mass is 234 g/mol. The SMILES string of the molecule is Cc1ccc2ccnc(-c3ncccc3C)c2c1. The summed E-state index contributed by atoms with van der Waals surface area (Å²) >= 11 is 0. The zero-order chi connectivity index (χ0) is 12.5. The highest BCUT2D eigenvalue weighted by Gasteiger charge is 2.08. The molecule has 1 aromatic carbocycles. The standard InChI is InChI=1S/C16H14N2/c1-11-5-6-13-7-9-18-16(14(13)10-11)15-12(2)4-3-8-17-15/h3-10H,1-2H3. The molecular weight excluding hydrogens is 220 g/mol. The van der Waals surface area contributed by atoms with E-state index >= 15 is 0 Å². The molecule has 0 aliphatic carbocycles. The van der Waals surface area contributed by atoms with Crippen LogP contribution in [-0.2, 0) is 0 Å². The fourth-order valence-corrected chi connectivity index (χ4v) is 2.20. The minimum Gasteiger partial charge on any atom is -0.254 e. The predicted octanol–water partition coefficient (Wildman–Crippen LogP) is 3.91. The van der Waals surface area contributed by atoms with Crippen molar-refractivity contribution in [1.29, 1.82) is 0 Å². The summed E-state index contributed by atoms with van der Waals surface area (Å²) in [5.74, 6) is 0. The van der Waals surface area contributed by atoms with Gasteiger partial charge in [-0.1, -0.05) is 23.8 Å². The maximum atomic E-state index is 4.52. The second-order valence-corrected chi connectivity index (χ2v) is 4.55. The largest absolute Gasteiger partial charge is 0.254 e. The van der Waals surface area contributed by atoms with Crippen LogP contribution in [0, 0.1) is 13.8 Å². The van der Waals surface area contributed by atoms with Crippen molar-refractivity contribution in [1.82, 2.24) is 9.97 Å². The first-order valence-corrected chi connectivity index (χ1v) is 6.03. The van der Waals surface area contributed by atoms with E-state index in [1.54, 1.807) is 0 Å². The number of hydrogen-bond acceptors (Lipinski definition) is 2. The Morgan fingerprint density at radius 3 is 2.50 bits per heavy atom. The molecule has 0 aliphatic rings. The molecule has 2 heteroatoms. The molecule has 0 saturated heterocycles. The van der Waals surface area contributed by atoms with Gasteiger partial charge in [0.2, 0.25) is 0 Å². The van der Waals surface area contributed by atoms with E-state index in [0.717, 1.165) is 17.0 Å². The van der Waals surface area contributed by atoms with E-state index < -0.39 is 0 Å². The van der Waals surface area contributed by atoms with Crippen molar-refractivity contribution in [2.45, 2.75) is 13.8 Å². The lowest BCUT2D eigenvalue weighted by Crippen LogP contribution is -1.92. The number of rotatable bonds is 1. The highest BCUT2D eigenvalue weighted by Crippen LogP contribution is 2.27. The van der Waals surface area contributed by atoms with Crippen LogP contribution in [0.15, 0.2) is 48.8 Å². The Morgan fingerprint density at radius 2 is 1.67 bits per heavy atom. The Bertz CT molecular complexity index is 717. The molecule has 3 aromatic rings. The zero-order valence-electron chi connectivity index (χ0n) is 10.5. The van der Waals surface area contributed by atoms with E-state index in [2.05, 4.69) is 48.1 Å². The summed E-state index contributed by atoms with van der Waals surface area (Å²) < 4.78 is 0. The summed E-state index contributed by atoms with van der Waals surface area (Å²) in [7, 11) is 0. The summed E-state index contributed by atoms with van der Waals surface area (Å²) in [5, 5.41) is 2.37. The quantitative estimate of drug-likeness (QED) is 0.638. The van der Waals surface area contributed by atoms with E-state index in [9.17, 15) is 0 Å². The molecular formula is C16H14N2. The molecule has 0 spiro atoms. The molecule has 0 aliphatic heterocycles. The first-order valence-electron chi connectivity index (χ1n) is 6.03. The van der Waals surface area contributed by atoms with Crippen molar-refractivity contribution < 1.29 is 0 Å². The Morgan fingerprint density at radius 1 is 0.833 bits per heavy atom. The number of fused-ring (bicyclic) bond motifs is 1. The highest BCUT2D eigenvalue weighted by atomic mass is 14.8. The van der Waals surface area contributed by atoms with Gasteiger partial charge in [0, 0.05) is 17.8 Å². The van der Waals surface area contributed by atoms with Crippen LogP contribution in [-0.4, -0.2) is 9.97 Å². The Hall–Kier alpha value is -2.22. The van der Waals surface area contributed by atoms with Crippen LogP contribution >= 0.6 is 0 Å². The van der Waals surface area contributed by atoms with Gasteiger partial charge in [-0.25, -0.2) is 0 Å². The third-order valence-corrected chi connectivity index (χ3v) is 3.16. The van der Waals surface area contributed by atoms with Crippen molar-refractivity contribution in [3.8, 4) is 11.4 Å². The fourth-order valence-electron chi connectivity index (χ4n) is 2.20. The molecule has 2 aromatic heterocycles. The van der Waals surface area contributed by atoms with Gasteiger partial charge >= 0.3 is 0 Å². The molecule has 88 valence electrons. The van der Waals surface area contributed by atoms with Crippen molar-refractivity contribution >= 4 is 10.8 Å². The summed E-state index contributed by atoms with van der Waals surface area (Å²) in [4.78, 5) is 8.98. The van der Waals surface area contributed by atoms with E-state index in [-0.39, 0.29) is 0 Å². The first-order chi connectivity index (χ1) is 8.75. The van der Waals surface area contributed by atoms with Crippen molar-refractivity contribution in [3.63, 3.8) is 0 Å². The molecule has 0 bridgehead atoms. The number of benzene rings is 1. The molecule has 2 nitrogen and oxygen atoms in total. The lowest BCUT2D eigenvalue weighted by molar-refractivity contribution is 1.23. The molecule has 0 fully saturated rings. The lowest BCUT2D eigenvalue weighted by Gasteiger charge is -2.08. The van der Waals surface area contributed by atoms with Gasteiger partial charge in [-0.2, -0.15) is 0 Å². The van der Waals surface area contributed by atoms with Crippen LogP contribution in [0.1, 0.15) is 11.1 Å². The molecule has 0 unspecified atom stereocenters. The maximum absolute atomic E-state index is 4.52. The number of hydrogen-bond donors (Lipinski definition) is 0. The van der Waals surface area contributed by atoms with Gasteiger partial charge in [0.15, 0.2) is 0 Å². The van der Waals surface area contributed by atoms with E-state index in [4.69, 9.17) is 0 Å². The minimum absolute atomic E-state index is 0.966. The van der Waals surface area contributed by atoms with Crippen molar-refractivity contribution in [3.05, 3.63) is 59.9 Å². The van der Waals surface area contributed by atoms with Crippen molar-refractivity contribution in [2.24, 2.45) is 0 Å². The zero-order valence-corrected chi connectivity index (χ0v) is 10.5. The van der Waals surface area contributed by atoms with E-state index in [0.29, 0.717) is 0 Å². The van der Waals surface area contributed by atoms with Gasteiger partial charge in [-0.15, -0.1) is 0 Å². The summed E-state index contributed by atoms with van der Waals surface area (Å²) in [6.07, 6.45) is 3.67. The number of nitrogens with zero attached hydrogens (tertiary/aromatic N) is 2. The molecule has 0 amide bonds. The molecule has 0 saturated carbocycles. The maximum Gasteiger partial charge on any atom is 0.0967 e. The second kappa shape index (κ2) is 4.22. The first kappa shape index (κ1) is 10.9. The fraction of sp³-hybridized carbons (Fsp3) is 0.125. The van der Waals surface area contributed by atoms with E-state index in [1.165, 1.54) is 16.3 Å². The smallest absolute Gasteiger partial charge is 0.0967 e. The second-order valence-electron chi connectivity index (χ2n) is 4.55. The van der Waals surface area contributed by atoms with E-state index in [1.807, 2.05) is 24.5 Å². The number of aromatic nitrogens is 2. The molecule has 2 heterocycles. The summed E-state index contributed by atoms with van der Waals surface area (Å²) in [6, 6.07) is 12.5. The highest BCUT2D eigenvalue weighted by molar-refractivity contribution is 5.94. The molecule has 18 heavy (non-hydrogen) atoms.